The lowest BCUT2D eigenvalue weighted by Gasteiger charge is -2.41. The fourth-order valence-corrected chi connectivity index (χ4v) is 7.31. The predicted molar refractivity (Wildman–Crippen MR) is 153 cm³/mol. The van der Waals surface area contributed by atoms with Crippen molar-refractivity contribution in [1.29, 1.82) is 0 Å². The Hall–Kier alpha value is -1.95. The lowest BCUT2D eigenvalue weighted by molar-refractivity contribution is -0.129. The molecule has 1 unspecified atom stereocenters. The second kappa shape index (κ2) is 12.1. The smallest absolute Gasteiger partial charge is 0.227 e. The molecule has 3 heterocycles. The summed E-state index contributed by atoms with van der Waals surface area (Å²) >= 11 is 6.25. The van der Waals surface area contributed by atoms with E-state index in [1.54, 1.807) is 12.1 Å². The van der Waals surface area contributed by atoms with Gasteiger partial charge in [-0.25, -0.2) is 4.39 Å². The van der Waals surface area contributed by atoms with E-state index in [9.17, 15) is 9.18 Å². The minimum absolute atomic E-state index is 0.0123. The summed E-state index contributed by atoms with van der Waals surface area (Å²) in [5.74, 6) is -0.440. The van der Waals surface area contributed by atoms with Crippen molar-refractivity contribution in [1.82, 2.24) is 14.7 Å². The Balaban J connectivity index is 1.27. The Kier molecular flexibility index (Phi) is 8.76. The number of carbonyl (C=O) groups is 1. The first-order valence-electron chi connectivity index (χ1n) is 14.6. The molecule has 0 aromatic heterocycles. The number of hydrogen-bond donors (Lipinski definition) is 0. The number of aryl methyl sites for hydroxylation is 2. The van der Waals surface area contributed by atoms with Gasteiger partial charge in [-0.1, -0.05) is 47.9 Å². The highest BCUT2D eigenvalue weighted by atomic mass is 35.5. The average molecular weight is 540 g/mol. The normalized spacial score (nSPS) is 23.7. The van der Waals surface area contributed by atoms with Crippen LogP contribution in [-0.2, 0) is 16.6 Å². The van der Waals surface area contributed by atoms with Gasteiger partial charge >= 0.3 is 0 Å². The summed E-state index contributed by atoms with van der Waals surface area (Å²) in [4.78, 5) is 20.7. The van der Waals surface area contributed by atoms with Gasteiger partial charge in [-0.05, 0) is 108 Å². The van der Waals surface area contributed by atoms with E-state index in [0.29, 0.717) is 23.7 Å². The quantitative estimate of drug-likeness (QED) is 0.422. The molecule has 3 saturated heterocycles. The first-order valence-corrected chi connectivity index (χ1v) is 15.0. The van der Waals surface area contributed by atoms with Gasteiger partial charge in [0.25, 0.3) is 0 Å². The van der Waals surface area contributed by atoms with E-state index < -0.39 is 5.82 Å². The Bertz CT molecular complexity index is 1110. The predicted octanol–water partition coefficient (Wildman–Crippen LogP) is 6.15. The third-order valence-corrected chi connectivity index (χ3v) is 9.79. The van der Waals surface area contributed by atoms with E-state index in [0.717, 1.165) is 25.4 Å². The van der Waals surface area contributed by atoms with Crippen LogP contribution in [0.25, 0.3) is 0 Å². The molecule has 1 atom stereocenters. The summed E-state index contributed by atoms with van der Waals surface area (Å²) in [7, 11) is 0. The molecule has 0 aliphatic carbocycles. The van der Waals surface area contributed by atoms with Crippen LogP contribution < -0.4 is 0 Å². The molecule has 38 heavy (non-hydrogen) atoms. The lowest BCUT2D eigenvalue weighted by atomic mass is 9.74. The zero-order valence-corrected chi connectivity index (χ0v) is 23.9. The van der Waals surface area contributed by atoms with E-state index in [1.807, 2.05) is 4.90 Å². The molecule has 0 N–H and O–H groups in total. The zero-order chi connectivity index (χ0) is 26.7. The van der Waals surface area contributed by atoms with Crippen molar-refractivity contribution >= 4 is 17.5 Å². The molecule has 3 aliphatic heterocycles. The molecule has 1 amide bonds. The second-order valence-corrected chi connectivity index (χ2v) is 12.4. The molecular weight excluding hydrogens is 497 g/mol. The third-order valence-electron chi connectivity index (χ3n) is 9.43. The highest BCUT2D eigenvalue weighted by Gasteiger charge is 2.42. The summed E-state index contributed by atoms with van der Waals surface area (Å²) in [6.45, 7) is 11.7. The minimum atomic E-state index is -0.404. The molecule has 6 heteroatoms. The average Bonchev–Trinajstić information content (AvgIpc) is 3.37. The Labute approximate surface area is 233 Å². The van der Waals surface area contributed by atoms with E-state index >= 15 is 0 Å². The van der Waals surface area contributed by atoms with Crippen LogP contribution in [0, 0.1) is 19.7 Å². The van der Waals surface area contributed by atoms with Gasteiger partial charge in [0.15, 0.2) is 0 Å². The molecule has 2 aromatic carbocycles. The number of rotatable bonds is 7. The maximum absolute atomic E-state index is 14.4. The van der Waals surface area contributed by atoms with Crippen LogP contribution >= 0.6 is 11.6 Å². The minimum Gasteiger partial charge on any atom is -0.341 e. The summed E-state index contributed by atoms with van der Waals surface area (Å²) < 4.78 is 14.4. The third kappa shape index (κ3) is 6.11. The van der Waals surface area contributed by atoms with Gasteiger partial charge in [-0.2, -0.15) is 0 Å². The van der Waals surface area contributed by atoms with Crippen molar-refractivity contribution < 1.29 is 9.18 Å². The van der Waals surface area contributed by atoms with Crippen molar-refractivity contribution in [2.24, 2.45) is 0 Å². The van der Waals surface area contributed by atoms with Gasteiger partial charge in [0.05, 0.1) is 6.42 Å². The van der Waals surface area contributed by atoms with Crippen LogP contribution in [0.1, 0.15) is 67.2 Å². The Morgan fingerprint density at radius 1 is 1.03 bits per heavy atom. The number of amides is 1. The van der Waals surface area contributed by atoms with Crippen LogP contribution in [0.3, 0.4) is 0 Å². The maximum Gasteiger partial charge on any atom is 0.227 e. The molecule has 3 aliphatic rings. The van der Waals surface area contributed by atoms with Crippen LogP contribution in [0.2, 0.25) is 5.02 Å². The molecule has 0 spiro atoms. The fourth-order valence-electron chi connectivity index (χ4n) is 7.08. The van der Waals surface area contributed by atoms with Gasteiger partial charge < -0.3 is 14.7 Å². The summed E-state index contributed by atoms with van der Waals surface area (Å²) in [6.07, 6.45) is 8.64. The van der Waals surface area contributed by atoms with Gasteiger partial charge in [0.2, 0.25) is 5.91 Å². The van der Waals surface area contributed by atoms with E-state index in [1.165, 1.54) is 81.0 Å². The first-order chi connectivity index (χ1) is 18.3. The van der Waals surface area contributed by atoms with Gasteiger partial charge in [-0.3, -0.25) is 4.79 Å². The van der Waals surface area contributed by atoms with Crippen LogP contribution in [0.5, 0.6) is 0 Å². The van der Waals surface area contributed by atoms with E-state index in [-0.39, 0.29) is 17.7 Å². The molecule has 5 rings (SSSR count). The van der Waals surface area contributed by atoms with Gasteiger partial charge in [-0.15, -0.1) is 0 Å². The standard InChI is InChI=1S/C32H43ClFN3O/c1-24-9-10-25(2)28(21-24)32(13-19-35-17-11-26(12-18-35)36-15-4-3-5-16-36)14-20-37(23-32)31(38)22-27-29(33)7-6-8-30(27)34/h6-10,21,26H,3-5,11-20,22-23H2,1-2H3. The summed E-state index contributed by atoms with van der Waals surface area (Å²) in [6, 6.07) is 12.1. The van der Waals surface area contributed by atoms with Crippen molar-refractivity contribution in [2.75, 3.05) is 45.8 Å². The van der Waals surface area contributed by atoms with Crippen LogP contribution in [-0.4, -0.2) is 72.5 Å². The lowest BCUT2D eigenvalue weighted by Crippen LogP contribution is -2.47. The first kappa shape index (κ1) is 27.6. The van der Waals surface area contributed by atoms with Crippen LogP contribution in [0.4, 0.5) is 4.39 Å². The van der Waals surface area contributed by atoms with E-state index in [4.69, 9.17) is 11.6 Å². The summed E-state index contributed by atoms with van der Waals surface area (Å²) in [5, 5.41) is 0.325. The highest BCUT2D eigenvalue weighted by molar-refractivity contribution is 6.31. The molecule has 0 saturated carbocycles. The number of benzene rings is 2. The monoisotopic (exact) mass is 539 g/mol. The second-order valence-electron chi connectivity index (χ2n) is 12.0. The van der Waals surface area contributed by atoms with Crippen molar-refractivity contribution in [3.05, 3.63) is 69.5 Å². The maximum atomic E-state index is 14.4. The number of piperidine rings is 2. The summed E-state index contributed by atoms with van der Waals surface area (Å²) in [5.41, 5.74) is 4.16. The van der Waals surface area contributed by atoms with Crippen LogP contribution in [0.15, 0.2) is 36.4 Å². The SMILES string of the molecule is Cc1ccc(C)c(C2(CCN3CCC(N4CCCCC4)CC3)CCN(C(=O)Cc3c(F)cccc3Cl)C2)c1. The number of likely N-dealkylation sites (tertiary alicyclic amines) is 3. The number of carbonyl (C=O) groups excluding carboxylic acids is 1. The largest absolute Gasteiger partial charge is 0.341 e. The molecule has 4 nitrogen and oxygen atoms in total. The number of nitrogens with zero attached hydrogens (tertiary/aromatic N) is 3. The molecule has 206 valence electrons. The molecule has 3 fully saturated rings. The molecule has 2 aromatic rings. The Morgan fingerprint density at radius 3 is 2.53 bits per heavy atom. The van der Waals surface area contributed by atoms with Gasteiger partial charge in [0, 0.05) is 35.1 Å². The number of hydrogen-bond acceptors (Lipinski definition) is 3. The molecular formula is C32H43ClFN3O. The van der Waals surface area contributed by atoms with Crippen molar-refractivity contribution in [2.45, 2.75) is 76.7 Å². The van der Waals surface area contributed by atoms with Gasteiger partial charge in [0.1, 0.15) is 5.82 Å². The fraction of sp³-hybridized carbons (Fsp3) is 0.594. The Morgan fingerprint density at radius 2 is 1.79 bits per heavy atom. The topological polar surface area (TPSA) is 26.8 Å². The molecule has 0 bridgehead atoms. The zero-order valence-electron chi connectivity index (χ0n) is 23.2. The highest BCUT2D eigenvalue weighted by Crippen LogP contribution is 2.41. The molecule has 0 radical (unpaired) electrons. The van der Waals surface area contributed by atoms with Crippen molar-refractivity contribution in [3.8, 4) is 0 Å². The van der Waals surface area contributed by atoms with Crippen molar-refractivity contribution in [3.63, 3.8) is 0 Å². The number of halogens is 2. The van der Waals surface area contributed by atoms with E-state index in [2.05, 4.69) is 41.8 Å².